The Hall–Kier alpha value is -0.310. The van der Waals surface area contributed by atoms with Gasteiger partial charge in [0.2, 0.25) is 5.91 Å². The van der Waals surface area contributed by atoms with Gasteiger partial charge in [-0.25, -0.2) is 0 Å². The van der Waals surface area contributed by atoms with Gasteiger partial charge in [0.25, 0.3) is 0 Å². The summed E-state index contributed by atoms with van der Waals surface area (Å²) in [4.78, 5) is 14.6. The van der Waals surface area contributed by atoms with Crippen LogP contribution in [-0.4, -0.2) is 57.7 Å². The average Bonchev–Trinajstić information content (AvgIpc) is 3.27. The van der Waals surface area contributed by atoms with E-state index in [-0.39, 0.29) is 5.91 Å². The lowest BCUT2D eigenvalue weighted by Crippen LogP contribution is -2.45. The zero-order valence-electron chi connectivity index (χ0n) is 12.8. The zero-order valence-corrected chi connectivity index (χ0v) is 15.2. The Labute approximate surface area is 144 Å². The monoisotopic (exact) mass is 358 g/mol. The third-order valence-corrected chi connectivity index (χ3v) is 7.01. The fraction of sp³-hybridized carbons (Fsp3) is 0.786. The summed E-state index contributed by atoms with van der Waals surface area (Å²) < 4.78 is 1.87. The van der Waals surface area contributed by atoms with Crippen LogP contribution in [0.4, 0.5) is 0 Å². The number of rotatable bonds is 7. The number of nitrogens with zero attached hydrogens (tertiary/aromatic N) is 3. The van der Waals surface area contributed by atoms with Crippen LogP contribution in [0, 0.1) is 0 Å². The fourth-order valence-corrected chi connectivity index (χ4v) is 5.41. The molecular formula is C14H22N4OS3. The minimum absolute atomic E-state index is 0.120. The van der Waals surface area contributed by atoms with Gasteiger partial charge in [-0.05, 0) is 31.4 Å². The molecule has 22 heavy (non-hydrogen) atoms. The summed E-state index contributed by atoms with van der Waals surface area (Å²) in [5.41, 5.74) is 0. The summed E-state index contributed by atoms with van der Waals surface area (Å²) in [6, 6.07) is 1.20. The number of amides is 1. The molecule has 1 aliphatic heterocycles. The van der Waals surface area contributed by atoms with Gasteiger partial charge < -0.3 is 10.2 Å². The van der Waals surface area contributed by atoms with Gasteiger partial charge in [0.1, 0.15) is 0 Å². The number of carbonyl (C=O) groups excluding carboxylic acids is 1. The molecule has 1 aromatic rings. The van der Waals surface area contributed by atoms with E-state index >= 15 is 0 Å². The molecule has 1 saturated heterocycles. The Kier molecular flexibility index (Phi) is 6.01. The SMILES string of the molecule is CCSc1nnc(SCC(=O)NC2CCN(C3CC3)CC2)s1. The summed E-state index contributed by atoms with van der Waals surface area (Å²) in [6.07, 6.45) is 4.91. The molecule has 1 aromatic heterocycles. The maximum atomic E-state index is 12.1. The summed E-state index contributed by atoms with van der Waals surface area (Å²) in [7, 11) is 0. The van der Waals surface area contributed by atoms with Crippen LogP contribution >= 0.6 is 34.9 Å². The molecule has 8 heteroatoms. The van der Waals surface area contributed by atoms with Gasteiger partial charge in [-0.1, -0.05) is 41.8 Å². The lowest BCUT2D eigenvalue weighted by atomic mass is 10.1. The first-order chi connectivity index (χ1) is 10.7. The van der Waals surface area contributed by atoms with E-state index in [1.165, 1.54) is 24.6 Å². The predicted molar refractivity (Wildman–Crippen MR) is 92.8 cm³/mol. The van der Waals surface area contributed by atoms with Crippen molar-refractivity contribution >= 4 is 40.8 Å². The van der Waals surface area contributed by atoms with Gasteiger partial charge in [-0.2, -0.15) is 0 Å². The largest absolute Gasteiger partial charge is 0.353 e. The van der Waals surface area contributed by atoms with Gasteiger partial charge >= 0.3 is 0 Å². The molecule has 0 atom stereocenters. The van der Waals surface area contributed by atoms with Crippen molar-refractivity contribution in [2.75, 3.05) is 24.6 Å². The number of nitrogens with one attached hydrogen (secondary N) is 1. The molecular weight excluding hydrogens is 336 g/mol. The summed E-state index contributed by atoms with van der Waals surface area (Å²) in [5.74, 6) is 1.56. The van der Waals surface area contributed by atoms with Crippen LogP contribution in [0.3, 0.4) is 0 Å². The van der Waals surface area contributed by atoms with Crippen LogP contribution in [0.15, 0.2) is 8.68 Å². The Morgan fingerprint density at radius 3 is 2.55 bits per heavy atom. The lowest BCUT2D eigenvalue weighted by molar-refractivity contribution is -0.119. The third-order valence-electron chi connectivity index (χ3n) is 3.94. The number of thioether (sulfide) groups is 2. The number of likely N-dealkylation sites (tertiary alicyclic amines) is 1. The first-order valence-electron chi connectivity index (χ1n) is 7.87. The molecule has 5 nitrogen and oxygen atoms in total. The van der Waals surface area contributed by atoms with E-state index in [1.54, 1.807) is 23.1 Å². The van der Waals surface area contributed by atoms with E-state index < -0.39 is 0 Å². The van der Waals surface area contributed by atoms with Crippen molar-refractivity contribution in [3.63, 3.8) is 0 Å². The minimum Gasteiger partial charge on any atom is -0.353 e. The lowest BCUT2D eigenvalue weighted by Gasteiger charge is -2.32. The molecule has 2 fully saturated rings. The molecule has 0 spiro atoms. The standard InChI is InChI=1S/C14H22N4OS3/c1-2-20-13-16-17-14(22-13)21-9-12(19)15-10-5-7-18(8-6-10)11-3-4-11/h10-11H,2-9H2,1H3,(H,15,19). The number of aromatic nitrogens is 2. The first-order valence-corrected chi connectivity index (χ1v) is 10.7. The molecule has 0 unspecified atom stereocenters. The second-order valence-corrected chi connectivity index (χ2v) is 9.38. The maximum absolute atomic E-state index is 12.1. The van der Waals surface area contributed by atoms with Crippen molar-refractivity contribution < 1.29 is 4.79 Å². The molecule has 0 bridgehead atoms. The van der Waals surface area contributed by atoms with E-state index in [4.69, 9.17) is 0 Å². The summed E-state index contributed by atoms with van der Waals surface area (Å²) >= 11 is 4.75. The van der Waals surface area contributed by atoms with Crippen LogP contribution in [0.2, 0.25) is 0 Å². The molecule has 1 N–H and O–H groups in total. The predicted octanol–water partition coefficient (Wildman–Crippen LogP) is 2.49. The quantitative estimate of drug-likeness (QED) is 0.756. The molecule has 0 radical (unpaired) electrons. The molecule has 2 aliphatic rings. The topological polar surface area (TPSA) is 58.1 Å². The van der Waals surface area contributed by atoms with Crippen LogP contribution in [-0.2, 0) is 4.79 Å². The number of hydrogen-bond acceptors (Lipinski definition) is 7. The van der Waals surface area contributed by atoms with Gasteiger partial charge in [-0.15, -0.1) is 10.2 Å². The van der Waals surface area contributed by atoms with Crippen LogP contribution < -0.4 is 5.32 Å². The highest BCUT2D eigenvalue weighted by atomic mass is 32.2. The second kappa shape index (κ2) is 7.99. The Balaban J connectivity index is 1.35. The van der Waals surface area contributed by atoms with E-state index in [0.717, 1.165) is 46.4 Å². The van der Waals surface area contributed by atoms with Crippen LogP contribution in [0.1, 0.15) is 32.6 Å². The third kappa shape index (κ3) is 4.84. The fourth-order valence-electron chi connectivity index (χ4n) is 2.68. The molecule has 1 aliphatic carbocycles. The van der Waals surface area contributed by atoms with Crippen molar-refractivity contribution in [1.29, 1.82) is 0 Å². The highest BCUT2D eigenvalue weighted by Gasteiger charge is 2.32. The molecule has 1 amide bonds. The zero-order chi connectivity index (χ0) is 15.4. The summed E-state index contributed by atoms with van der Waals surface area (Å²) in [5, 5.41) is 11.4. The first kappa shape index (κ1) is 16.5. The van der Waals surface area contributed by atoms with Crippen molar-refractivity contribution in [2.24, 2.45) is 0 Å². The Morgan fingerprint density at radius 2 is 1.91 bits per heavy atom. The number of piperidine rings is 1. The molecule has 0 aromatic carbocycles. The van der Waals surface area contributed by atoms with Gasteiger partial charge in [0, 0.05) is 25.2 Å². The number of carbonyl (C=O) groups is 1. The van der Waals surface area contributed by atoms with Gasteiger partial charge in [0.15, 0.2) is 8.68 Å². The Morgan fingerprint density at radius 1 is 1.23 bits per heavy atom. The van der Waals surface area contributed by atoms with Crippen molar-refractivity contribution in [2.45, 2.75) is 53.4 Å². The molecule has 122 valence electrons. The highest BCUT2D eigenvalue weighted by Crippen LogP contribution is 2.30. The maximum Gasteiger partial charge on any atom is 0.230 e. The smallest absolute Gasteiger partial charge is 0.230 e. The Bertz CT molecular complexity index is 498. The van der Waals surface area contributed by atoms with Crippen LogP contribution in [0.25, 0.3) is 0 Å². The van der Waals surface area contributed by atoms with Crippen molar-refractivity contribution in [3.8, 4) is 0 Å². The highest BCUT2D eigenvalue weighted by molar-refractivity contribution is 8.03. The van der Waals surface area contributed by atoms with Crippen molar-refractivity contribution in [1.82, 2.24) is 20.4 Å². The van der Waals surface area contributed by atoms with Gasteiger partial charge in [0.05, 0.1) is 5.75 Å². The van der Waals surface area contributed by atoms with Gasteiger partial charge in [-0.3, -0.25) is 4.79 Å². The molecule has 1 saturated carbocycles. The number of hydrogen-bond donors (Lipinski definition) is 1. The van der Waals surface area contributed by atoms with E-state index in [1.807, 2.05) is 0 Å². The minimum atomic E-state index is 0.120. The van der Waals surface area contributed by atoms with E-state index in [0.29, 0.717) is 11.8 Å². The van der Waals surface area contributed by atoms with E-state index in [2.05, 4.69) is 27.3 Å². The van der Waals surface area contributed by atoms with Crippen LogP contribution in [0.5, 0.6) is 0 Å². The molecule has 3 rings (SSSR count). The van der Waals surface area contributed by atoms with E-state index in [9.17, 15) is 4.79 Å². The van der Waals surface area contributed by atoms with Crippen molar-refractivity contribution in [3.05, 3.63) is 0 Å². The summed E-state index contributed by atoms with van der Waals surface area (Å²) in [6.45, 7) is 4.37. The average molecular weight is 359 g/mol. The molecule has 2 heterocycles. The normalized spacial score (nSPS) is 20.2. The second-order valence-electron chi connectivity index (χ2n) is 5.66.